The normalized spacial score (nSPS) is 17.8. The molecule has 8 nitrogen and oxygen atoms in total. The molecule has 0 amide bonds. The van der Waals surface area contributed by atoms with Gasteiger partial charge in [-0.1, -0.05) is 19.1 Å². The molecule has 4 heterocycles. The zero-order chi connectivity index (χ0) is 26.0. The minimum absolute atomic E-state index is 0.329. The molecule has 0 radical (unpaired) electrons. The van der Waals surface area contributed by atoms with Crippen LogP contribution in [0.25, 0.3) is 33.7 Å². The predicted molar refractivity (Wildman–Crippen MR) is 144 cm³/mol. The monoisotopic (exact) mass is 510 g/mol. The Morgan fingerprint density at radius 3 is 2.79 bits per heavy atom. The van der Waals surface area contributed by atoms with Crippen LogP contribution in [-0.2, 0) is 26.4 Å². The summed E-state index contributed by atoms with van der Waals surface area (Å²) in [6, 6.07) is 9.87. The lowest BCUT2D eigenvalue weighted by atomic mass is 9.96. The SMILES string of the molecule is CCN1Cc2[nH]c(-c3ccc(-c4nc(Cc5ccc6[nH]ncc6c5C5CC5)n(C)n4)cc3F)nc2CC1C. The van der Waals surface area contributed by atoms with Crippen molar-refractivity contribution in [3.63, 3.8) is 0 Å². The van der Waals surface area contributed by atoms with Crippen molar-refractivity contribution in [2.45, 2.75) is 58.0 Å². The molecule has 38 heavy (non-hydrogen) atoms. The van der Waals surface area contributed by atoms with Gasteiger partial charge in [0.1, 0.15) is 17.5 Å². The van der Waals surface area contributed by atoms with Crippen LogP contribution in [0.15, 0.2) is 36.5 Å². The van der Waals surface area contributed by atoms with Crippen molar-refractivity contribution in [3.8, 4) is 22.8 Å². The Morgan fingerprint density at radius 2 is 2.00 bits per heavy atom. The lowest BCUT2D eigenvalue weighted by molar-refractivity contribution is 0.191. The first kappa shape index (κ1) is 23.3. The molecule has 2 aromatic carbocycles. The summed E-state index contributed by atoms with van der Waals surface area (Å²) < 4.78 is 17.2. The molecule has 1 fully saturated rings. The summed E-state index contributed by atoms with van der Waals surface area (Å²) >= 11 is 0. The fourth-order valence-corrected chi connectivity index (χ4v) is 5.87. The van der Waals surface area contributed by atoms with E-state index in [4.69, 9.17) is 9.97 Å². The van der Waals surface area contributed by atoms with Crippen LogP contribution in [0.1, 0.15) is 60.9 Å². The molecule has 0 bridgehead atoms. The molecule has 1 aliphatic carbocycles. The number of hydrogen-bond donors (Lipinski definition) is 2. The van der Waals surface area contributed by atoms with Crippen LogP contribution in [0, 0.1) is 5.82 Å². The van der Waals surface area contributed by atoms with Crippen LogP contribution in [0.4, 0.5) is 4.39 Å². The second-order valence-corrected chi connectivity index (χ2v) is 10.7. The third-order valence-corrected chi connectivity index (χ3v) is 8.17. The van der Waals surface area contributed by atoms with Crippen LogP contribution in [0.5, 0.6) is 0 Å². The number of rotatable bonds is 6. The lowest BCUT2D eigenvalue weighted by Crippen LogP contribution is -2.38. The van der Waals surface area contributed by atoms with E-state index >= 15 is 4.39 Å². The van der Waals surface area contributed by atoms with Gasteiger partial charge in [0.05, 0.1) is 28.7 Å². The summed E-state index contributed by atoms with van der Waals surface area (Å²) in [5, 5.41) is 13.2. The van der Waals surface area contributed by atoms with Gasteiger partial charge < -0.3 is 4.98 Å². The summed E-state index contributed by atoms with van der Waals surface area (Å²) in [5.74, 6) is 2.21. The van der Waals surface area contributed by atoms with E-state index in [2.05, 4.69) is 51.2 Å². The van der Waals surface area contributed by atoms with Crippen molar-refractivity contribution in [2.24, 2.45) is 7.05 Å². The number of benzene rings is 2. The molecule has 1 unspecified atom stereocenters. The Bertz CT molecular complexity index is 1660. The summed E-state index contributed by atoms with van der Waals surface area (Å²) in [5.41, 5.74) is 6.94. The number of aromatic nitrogens is 7. The van der Waals surface area contributed by atoms with Crippen LogP contribution >= 0.6 is 0 Å². The highest BCUT2D eigenvalue weighted by atomic mass is 19.1. The minimum Gasteiger partial charge on any atom is -0.340 e. The van der Waals surface area contributed by atoms with E-state index in [1.165, 1.54) is 35.4 Å². The number of nitrogens with zero attached hydrogens (tertiary/aromatic N) is 6. The highest BCUT2D eigenvalue weighted by Gasteiger charge is 2.29. The maximum atomic E-state index is 15.4. The predicted octanol–water partition coefficient (Wildman–Crippen LogP) is 5.12. The number of hydrogen-bond acceptors (Lipinski definition) is 5. The van der Waals surface area contributed by atoms with Crippen molar-refractivity contribution in [1.29, 1.82) is 0 Å². The zero-order valence-electron chi connectivity index (χ0n) is 21.9. The van der Waals surface area contributed by atoms with Crippen molar-refractivity contribution in [2.75, 3.05) is 6.54 Å². The molecule has 5 aromatic rings. The van der Waals surface area contributed by atoms with Gasteiger partial charge in [0, 0.05) is 43.4 Å². The van der Waals surface area contributed by atoms with Crippen molar-refractivity contribution in [1.82, 2.24) is 39.8 Å². The summed E-state index contributed by atoms with van der Waals surface area (Å²) in [6.45, 7) is 6.18. The summed E-state index contributed by atoms with van der Waals surface area (Å²) in [6.07, 6.45) is 5.88. The van der Waals surface area contributed by atoms with Gasteiger partial charge in [0.2, 0.25) is 0 Å². The average molecular weight is 511 g/mol. The molecule has 7 rings (SSSR count). The fraction of sp³-hybridized carbons (Fsp3) is 0.379. The molecule has 0 saturated heterocycles. The molecular weight excluding hydrogens is 479 g/mol. The first-order chi connectivity index (χ1) is 18.5. The Morgan fingerprint density at radius 1 is 1.13 bits per heavy atom. The Hall–Kier alpha value is -3.85. The average Bonchev–Trinajstić information content (AvgIpc) is 3.30. The van der Waals surface area contributed by atoms with Crippen molar-refractivity contribution in [3.05, 3.63) is 70.7 Å². The van der Waals surface area contributed by atoms with E-state index in [1.54, 1.807) is 10.7 Å². The molecule has 1 aliphatic heterocycles. The quantitative estimate of drug-likeness (QED) is 0.331. The summed E-state index contributed by atoms with van der Waals surface area (Å²) in [4.78, 5) is 15.3. The molecule has 194 valence electrons. The number of aromatic amines is 2. The number of imidazole rings is 1. The van der Waals surface area contributed by atoms with Crippen molar-refractivity contribution >= 4 is 10.9 Å². The van der Waals surface area contributed by atoms with Crippen LogP contribution in [0.3, 0.4) is 0 Å². The molecule has 1 atom stereocenters. The number of H-pyrrole nitrogens is 2. The van der Waals surface area contributed by atoms with E-state index < -0.39 is 0 Å². The van der Waals surface area contributed by atoms with Gasteiger partial charge in [-0.05, 0) is 61.6 Å². The van der Waals surface area contributed by atoms with Gasteiger partial charge >= 0.3 is 0 Å². The number of fused-ring (bicyclic) bond motifs is 2. The maximum absolute atomic E-state index is 15.4. The van der Waals surface area contributed by atoms with Gasteiger partial charge in [-0.15, -0.1) is 0 Å². The second kappa shape index (κ2) is 8.87. The third kappa shape index (κ3) is 3.93. The van der Waals surface area contributed by atoms with Gasteiger partial charge in [0.15, 0.2) is 5.82 Å². The number of halogens is 1. The first-order valence-electron chi connectivity index (χ1n) is 13.4. The van der Waals surface area contributed by atoms with Crippen molar-refractivity contribution < 1.29 is 4.39 Å². The first-order valence-corrected chi connectivity index (χ1v) is 13.4. The molecule has 0 spiro atoms. The topological polar surface area (TPSA) is 91.3 Å². The molecular formula is C29H31FN8. The maximum Gasteiger partial charge on any atom is 0.181 e. The zero-order valence-corrected chi connectivity index (χ0v) is 21.9. The van der Waals surface area contributed by atoms with E-state index in [9.17, 15) is 0 Å². The van der Waals surface area contributed by atoms with Gasteiger partial charge in [0.25, 0.3) is 0 Å². The Balaban J connectivity index is 1.17. The molecule has 1 saturated carbocycles. The van der Waals surface area contributed by atoms with Gasteiger partial charge in [-0.3, -0.25) is 14.7 Å². The third-order valence-electron chi connectivity index (χ3n) is 8.17. The fourth-order valence-electron chi connectivity index (χ4n) is 5.87. The molecule has 2 aliphatic rings. The van der Waals surface area contributed by atoms with E-state index in [0.717, 1.165) is 42.2 Å². The van der Waals surface area contributed by atoms with E-state index in [0.29, 0.717) is 41.2 Å². The van der Waals surface area contributed by atoms with Crippen LogP contribution in [-0.4, -0.2) is 52.4 Å². The van der Waals surface area contributed by atoms with Crippen LogP contribution < -0.4 is 0 Å². The van der Waals surface area contributed by atoms with E-state index in [-0.39, 0.29) is 5.82 Å². The standard InChI is InChI=1S/C29H31FN8/c1-4-38-15-25-24(11-16(38)2)32-29(33-25)20-9-7-19(12-22(20)30)28-34-26(37(3)36-28)13-18-8-10-23-21(14-31-35-23)27(18)17-5-6-17/h7-10,12,14,16-17H,4-6,11,13,15H2,1-3H3,(H,31,35)(H,32,33). The Kier molecular flexibility index (Phi) is 5.43. The second-order valence-electron chi connectivity index (χ2n) is 10.7. The van der Waals surface area contributed by atoms with Gasteiger partial charge in [-0.25, -0.2) is 14.4 Å². The number of likely N-dealkylation sites (N-methyl/N-ethyl adjacent to an activating group) is 1. The summed E-state index contributed by atoms with van der Waals surface area (Å²) in [7, 11) is 1.90. The van der Waals surface area contributed by atoms with Gasteiger partial charge in [-0.2, -0.15) is 10.2 Å². The highest BCUT2D eigenvalue weighted by Crippen LogP contribution is 2.45. The lowest BCUT2D eigenvalue weighted by Gasteiger charge is -2.31. The largest absolute Gasteiger partial charge is 0.340 e. The molecule has 3 aromatic heterocycles. The smallest absolute Gasteiger partial charge is 0.181 e. The Labute approximate surface area is 220 Å². The molecule has 9 heteroatoms. The number of nitrogens with one attached hydrogen (secondary N) is 2. The van der Waals surface area contributed by atoms with Crippen LogP contribution in [0.2, 0.25) is 0 Å². The molecule has 2 N–H and O–H groups in total. The number of aryl methyl sites for hydroxylation is 1. The van der Waals surface area contributed by atoms with E-state index in [1.807, 2.05) is 19.3 Å². The highest BCUT2D eigenvalue weighted by molar-refractivity contribution is 5.84. The minimum atomic E-state index is -0.329.